The van der Waals surface area contributed by atoms with Crippen molar-refractivity contribution in [1.82, 2.24) is 9.55 Å². The molecule has 2 N–H and O–H groups in total. The Balaban J connectivity index is 2.12. The van der Waals surface area contributed by atoms with Crippen LogP contribution in [0.4, 0.5) is 5.69 Å². The molecule has 19 heavy (non-hydrogen) atoms. The van der Waals surface area contributed by atoms with E-state index in [2.05, 4.69) is 32.9 Å². The van der Waals surface area contributed by atoms with E-state index in [0.29, 0.717) is 5.69 Å². The van der Waals surface area contributed by atoms with E-state index >= 15 is 0 Å². The summed E-state index contributed by atoms with van der Waals surface area (Å²) in [5, 5.41) is 2.70. The monoisotopic (exact) mass is 371 g/mol. The van der Waals surface area contributed by atoms with Crippen molar-refractivity contribution in [1.29, 1.82) is 0 Å². The Kier molecular flexibility index (Phi) is 4.15. The molecule has 7 heteroatoms. The summed E-state index contributed by atoms with van der Waals surface area (Å²) in [6.07, 6.45) is 1.29. The Bertz CT molecular complexity index is 720. The number of hydrogen-bond acceptors (Lipinski definition) is 3. The van der Waals surface area contributed by atoms with Gasteiger partial charge in [0.25, 0.3) is 5.56 Å². The molecule has 0 saturated heterocycles. The fourth-order valence-electron chi connectivity index (χ4n) is 1.48. The number of anilines is 1. The molecule has 0 aliphatic heterocycles. The standard InChI is InChI=1S/C12H10IN3O3/c13-8-3-1-2-4-9(8)14-11(18)7-16-6-5-10(17)15-12(16)19/h1-6H,7H2,(H,14,18)(H,15,17,19). The summed E-state index contributed by atoms with van der Waals surface area (Å²) < 4.78 is 2.04. The molecule has 0 atom stereocenters. The van der Waals surface area contributed by atoms with Crippen LogP contribution in [0.2, 0.25) is 0 Å². The van der Waals surface area contributed by atoms with E-state index in [-0.39, 0.29) is 12.5 Å². The Morgan fingerprint density at radius 3 is 2.68 bits per heavy atom. The summed E-state index contributed by atoms with van der Waals surface area (Å²) in [6, 6.07) is 8.51. The largest absolute Gasteiger partial charge is 0.328 e. The molecule has 0 aliphatic carbocycles. The number of para-hydroxylation sites is 1. The first kappa shape index (κ1) is 13.5. The van der Waals surface area contributed by atoms with E-state index in [9.17, 15) is 14.4 Å². The second-order valence-corrected chi connectivity index (χ2v) is 4.93. The normalized spacial score (nSPS) is 10.2. The van der Waals surface area contributed by atoms with E-state index in [1.165, 1.54) is 12.3 Å². The van der Waals surface area contributed by atoms with Crippen LogP contribution >= 0.6 is 22.6 Å². The van der Waals surface area contributed by atoms with Crippen molar-refractivity contribution in [3.8, 4) is 0 Å². The average Bonchev–Trinajstić information content (AvgIpc) is 2.36. The van der Waals surface area contributed by atoms with Gasteiger partial charge in [0.1, 0.15) is 6.54 Å². The number of H-pyrrole nitrogens is 1. The van der Waals surface area contributed by atoms with Gasteiger partial charge in [0.2, 0.25) is 5.91 Å². The lowest BCUT2D eigenvalue weighted by molar-refractivity contribution is -0.116. The Hall–Kier alpha value is -1.90. The highest BCUT2D eigenvalue weighted by Crippen LogP contribution is 2.16. The molecule has 0 bridgehead atoms. The van der Waals surface area contributed by atoms with Crippen molar-refractivity contribution in [2.24, 2.45) is 0 Å². The maximum absolute atomic E-state index is 11.8. The van der Waals surface area contributed by atoms with Crippen LogP contribution in [0.3, 0.4) is 0 Å². The first-order valence-electron chi connectivity index (χ1n) is 5.40. The van der Waals surface area contributed by atoms with Crippen LogP contribution in [0, 0.1) is 3.57 Å². The fourth-order valence-corrected chi connectivity index (χ4v) is 2.00. The van der Waals surface area contributed by atoms with E-state index in [1.54, 1.807) is 6.07 Å². The summed E-state index contributed by atoms with van der Waals surface area (Å²) in [7, 11) is 0. The van der Waals surface area contributed by atoms with Crippen molar-refractivity contribution < 1.29 is 4.79 Å². The molecule has 1 aromatic heterocycles. The van der Waals surface area contributed by atoms with Gasteiger partial charge >= 0.3 is 5.69 Å². The van der Waals surface area contributed by atoms with Crippen molar-refractivity contribution in [3.05, 3.63) is 60.9 Å². The van der Waals surface area contributed by atoms with Gasteiger partial charge in [0.05, 0.1) is 5.69 Å². The van der Waals surface area contributed by atoms with Gasteiger partial charge in [-0.1, -0.05) is 12.1 Å². The fraction of sp³-hybridized carbons (Fsp3) is 0.0833. The smallest absolute Gasteiger partial charge is 0.324 e. The van der Waals surface area contributed by atoms with Crippen LogP contribution in [0.1, 0.15) is 0 Å². The van der Waals surface area contributed by atoms with Crippen LogP contribution in [0.5, 0.6) is 0 Å². The number of aromatic amines is 1. The number of carbonyl (C=O) groups is 1. The van der Waals surface area contributed by atoms with Gasteiger partial charge < -0.3 is 5.32 Å². The van der Waals surface area contributed by atoms with Crippen LogP contribution in [-0.4, -0.2) is 15.5 Å². The number of carbonyl (C=O) groups excluding carboxylic acids is 1. The molecule has 0 aliphatic rings. The molecule has 2 rings (SSSR count). The molecule has 2 aromatic rings. The number of amides is 1. The summed E-state index contributed by atoms with van der Waals surface area (Å²) in [4.78, 5) is 36.2. The van der Waals surface area contributed by atoms with E-state index in [4.69, 9.17) is 0 Å². The molecule has 0 unspecified atom stereocenters. The van der Waals surface area contributed by atoms with Gasteiger partial charge in [-0.25, -0.2) is 4.79 Å². The van der Waals surface area contributed by atoms with Gasteiger partial charge in [0, 0.05) is 15.8 Å². The third kappa shape index (κ3) is 3.53. The first-order chi connectivity index (χ1) is 9.06. The lowest BCUT2D eigenvalue weighted by Gasteiger charge is -2.08. The quantitative estimate of drug-likeness (QED) is 0.783. The van der Waals surface area contributed by atoms with Crippen LogP contribution < -0.4 is 16.6 Å². The highest BCUT2D eigenvalue weighted by Gasteiger charge is 2.07. The Morgan fingerprint density at radius 2 is 2.00 bits per heavy atom. The molecule has 0 radical (unpaired) electrons. The number of rotatable bonds is 3. The van der Waals surface area contributed by atoms with Crippen molar-refractivity contribution in [2.45, 2.75) is 6.54 Å². The third-order valence-electron chi connectivity index (χ3n) is 2.36. The molecule has 6 nitrogen and oxygen atoms in total. The number of nitrogens with zero attached hydrogens (tertiary/aromatic N) is 1. The van der Waals surface area contributed by atoms with Gasteiger partial charge in [-0.05, 0) is 34.7 Å². The van der Waals surface area contributed by atoms with Gasteiger partial charge in [0.15, 0.2) is 0 Å². The van der Waals surface area contributed by atoms with Gasteiger partial charge in [-0.3, -0.25) is 19.1 Å². The molecule has 98 valence electrons. The Labute approximate surface area is 121 Å². The maximum Gasteiger partial charge on any atom is 0.328 e. The second kappa shape index (κ2) is 5.83. The average molecular weight is 371 g/mol. The van der Waals surface area contributed by atoms with Gasteiger partial charge in [-0.15, -0.1) is 0 Å². The summed E-state index contributed by atoms with van der Waals surface area (Å²) >= 11 is 2.11. The molecule has 1 aromatic carbocycles. The van der Waals surface area contributed by atoms with Crippen LogP contribution in [0.25, 0.3) is 0 Å². The number of aromatic nitrogens is 2. The van der Waals surface area contributed by atoms with E-state index < -0.39 is 11.2 Å². The maximum atomic E-state index is 11.8. The number of benzene rings is 1. The molecule has 0 spiro atoms. The number of nitrogens with one attached hydrogen (secondary N) is 2. The molecular weight excluding hydrogens is 361 g/mol. The zero-order chi connectivity index (χ0) is 13.8. The zero-order valence-electron chi connectivity index (χ0n) is 9.72. The number of halogens is 1. The SMILES string of the molecule is O=C(Cn1ccc(=O)[nH]c1=O)Nc1ccccc1I. The predicted octanol–water partition coefficient (Wildman–Crippen LogP) is 0.780. The summed E-state index contributed by atoms with van der Waals surface area (Å²) in [5.41, 5.74) is -0.407. The first-order valence-corrected chi connectivity index (χ1v) is 6.48. The van der Waals surface area contributed by atoms with E-state index in [1.807, 2.05) is 18.2 Å². The van der Waals surface area contributed by atoms with Crippen LogP contribution in [0.15, 0.2) is 46.1 Å². The third-order valence-corrected chi connectivity index (χ3v) is 3.30. The Morgan fingerprint density at radius 1 is 1.26 bits per heavy atom. The van der Waals surface area contributed by atoms with Crippen LogP contribution in [-0.2, 0) is 11.3 Å². The molecule has 0 fully saturated rings. The van der Waals surface area contributed by atoms with Crippen molar-refractivity contribution >= 4 is 34.2 Å². The minimum Gasteiger partial charge on any atom is -0.324 e. The molecule has 0 saturated carbocycles. The topological polar surface area (TPSA) is 84.0 Å². The highest BCUT2D eigenvalue weighted by atomic mass is 127. The highest BCUT2D eigenvalue weighted by molar-refractivity contribution is 14.1. The van der Waals surface area contributed by atoms with Crippen molar-refractivity contribution in [3.63, 3.8) is 0 Å². The predicted molar refractivity (Wildman–Crippen MR) is 79.1 cm³/mol. The summed E-state index contributed by atoms with van der Waals surface area (Å²) in [6.45, 7) is -0.152. The number of hydrogen-bond donors (Lipinski definition) is 2. The van der Waals surface area contributed by atoms with Crippen molar-refractivity contribution in [2.75, 3.05) is 5.32 Å². The summed E-state index contributed by atoms with van der Waals surface area (Å²) in [5.74, 6) is -0.335. The molecule has 1 amide bonds. The lowest BCUT2D eigenvalue weighted by Crippen LogP contribution is -2.32. The second-order valence-electron chi connectivity index (χ2n) is 3.77. The minimum atomic E-state index is -0.606. The molecular formula is C12H10IN3O3. The lowest BCUT2D eigenvalue weighted by atomic mass is 10.3. The minimum absolute atomic E-state index is 0.152. The zero-order valence-corrected chi connectivity index (χ0v) is 11.9. The van der Waals surface area contributed by atoms with Gasteiger partial charge in [-0.2, -0.15) is 0 Å². The van der Waals surface area contributed by atoms with E-state index in [0.717, 1.165) is 8.14 Å². The molecule has 1 heterocycles.